The summed E-state index contributed by atoms with van der Waals surface area (Å²) in [5.41, 5.74) is 1.79. The van der Waals surface area contributed by atoms with Crippen molar-refractivity contribution in [3.05, 3.63) is 40.3 Å². The molecule has 6 rings (SSSR count). The molecule has 2 aliphatic carbocycles. The molecule has 3 aromatic rings. The van der Waals surface area contributed by atoms with E-state index in [9.17, 15) is 13.2 Å². The molecule has 1 aromatic carbocycles. The Morgan fingerprint density at radius 2 is 1.74 bits per heavy atom. The summed E-state index contributed by atoms with van der Waals surface area (Å²) in [5, 5.41) is 5.87. The Labute approximate surface area is 205 Å². The highest BCUT2D eigenvalue weighted by Crippen LogP contribution is 2.32. The van der Waals surface area contributed by atoms with E-state index in [-0.39, 0.29) is 23.1 Å². The van der Waals surface area contributed by atoms with Crippen LogP contribution in [0.2, 0.25) is 0 Å². The molecule has 3 fully saturated rings. The van der Waals surface area contributed by atoms with Gasteiger partial charge in [0.1, 0.15) is 5.65 Å². The Bertz CT molecular complexity index is 1410. The van der Waals surface area contributed by atoms with Gasteiger partial charge in [-0.25, -0.2) is 13.4 Å². The molecule has 1 aliphatic heterocycles. The third-order valence-electron chi connectivity index (χ3n) is 7.85. The molecule has 186 valence electrons. The van der Waals surface area contributed by atoms with Crippen LogP contribution in [0.25, 0.3) is 21.8 Å². The highest BCUT2D eigenvalue weighted by atomic mass is 32.2. The maximum Gasteiger partial charge on any atom is 0.260 e. The van der Waals surface area contributed by atoms with Crippen molar-refractivity contribution in [2.45, 2.75) is 57.5 Å². The number of nitrogens with zero attached hydrogens (tertiary/aromatic N) is 4. The average Bonchev–Trinajstić information content (AvgIpc) is 3.70. The van der Waals surface area contributed by atoms with E-state index in [1.165, 1.54) is 19.3 Å². The predicted molar refractivity (Wildman–Crippen MR) is 139 cm³/mol. The van der Waals surface area contributed by atoms with Crippen LogP contribution in [0.1, 0.15) is 56.6 Å². The quantitative estimate of drug-likeness (QED) is 0.523. The number of nitrogens with one attached hydrogen (secondary N) is 1. The Morgan fingerprint density at radius 1 is 0.971 bits per heavy atom. The Kier molecular flexibility index (Phi) is 6.00. The van der Waals surface area contributed by atoms with Gasteiger partial charge in [0.15, 0.2) is 9.84 Å². The highest BCUT2D eigenvalue weighted by molar-refractivity contribution is 7.91. The number of rotatable bonds is 6. The van der Waals surface area contributed by atoms with Crippen LogP contribution < -0.4 is 10.9 Å². The molecule has 0 radical (unpaired) electrons. The number of benzene rings is 1. The standard InChI is InChI=1S/C26H33N5O3S/c32-25-22-14-19(17-30-10-12-35(33,34)13-11-30)8-9-21(22)23-16-28-26(27-15-18-6-7-18)29-24(23)31(25)20-4-2-1-3-5-20/h8-9,14,16,18,20H,1-7,10-13,15,17H2,(H,27,28,29). The molecular weight excluding hydrogens is 462 g/mol. The third kappa shape index (κ3) is 4.80. The summed E-state index contributed by atoms with van der Waals surface area (Å²) < 4.78 is 25.5. The van der Waals surface area contributed by atoms with Crippen LogP contribution in [0.5, 0.6) is 0 Å². The number of hydrogen-bond acceptors (Lipinski definition) is 7. The van der Waals surface area contributed by atoms with Crippen LogP contribution in [0.3, 0.4) is 0 Å². The highest BCUT2D eigenvalue weighted by Gasteiger charge is 2.25. The van der Waals surface area contributed by atoms with E-state index in [1.54, 1.807) is 0 Å². The molecule has 3 heterocycles. The first-order valence-electron chi connectivity index (χ1n) is 13.0. The summed E-state index contributed by atoms with van der Waals surface area (Å²) in [6.45, 7) is 2.60. The minimum Gasteiger partial charge on any atom is -0.354 e. The predicted octanol–water partition coefficient (Wildman–Crippen LogP) is 3.50. The van der Waals surface area contributed by atoms with Crippen LogP contribution >= 0.6 is 0 Å². The van der Waals surface area contributed by atoms with Crippen molar-refractivity contribution >= 4 is 37.6 Å². The van der Waals surface area contributed by atoms with Gasteiger partial charge in [-0.3, -0.25) is 14.3 Å². The zero-order chi connectivity index (χ0) is 24.0. The van der Waals surface area contributed by atoms with Crippen molar-refractivity contribution in [3.8, 4) is 0 Å². The summed E-state index contributed by atoms with van der Waals surface area (Å²) in [6.07, 6.45) is 9.86. The molecule has 0 atom stereocenters. The van der Waals surface area contributed by atoms with E-state index >= 15 is 0 Å². The lowest BCUT2D eigenvalue weighted by Gasteiger charge is -2.27. The van der Waals surface area contributed by atoms with Gasteiger partial charge in [0.2, 0.25) is 5.95 Å². The largest absolute Gasteiger partial charge is 0.354 e. The van der Waals surface area contributed by atoms with Gasteiger partial charge in [-0.1, -0.05) is 31.4 Å². The lowest BCUT2D eigenvalue weighted by atomic mass is 9.94. The van der Waals surface area contributed by atoms with Crippen molar-refractivity contribution < 1.29 is 8.42 Å². The van der Waals surface area contributed by atoms with E-state index in [2.05, 4.69) is 21.3 Å². The first kappa shape index (κ1) is 22.9. The normalized spacial score (nSPS) is 21.5. The molecule has 0 bridgehead atoms. The van der Waals surface area contributed by atoms with E-state index in [0.29, 0.717) is 36.9 Å². The second-order valence-electron chi connectivity index (χ2n) is 10.5. The molecule has 3 aliphatic rings. The summed E-state index contributed by atoms with van der Waals surface area (Å²) in [6, 6.07) is 6.22. The van der Waals surface area contributed by atoms with Crippen molar-refractivity contribution in [1.82, 2.24) is 19.4 Å². The van der Waals surface area contributed by atoms with Crippen LogP contribution in [-0.4, -0.2) is 59.0 Å². The number of sulfone groups is 1. The van der Waals surface area contributed by atoms with E-state index < -0.39 is 9.84 Å². The van der Waals surface area contributed by atoms with Crippen LogP contribution in [0.4, 0.5) is 5.95 Å². The molecule has 0 amide bonds. The summed E-state index contributed by atoms with van der Waals surface area (Å²) >= 11 is 0. The maximum atomic E-state index is 13.9. The monoisotopic (exact) mass is 495 g/mol. The third-order valence-corrected chi connectivity index (χ3v) is 9.46. The summed E-state index contributed by atoms with van der Waals surface area (Å²) in [5.74, 6) is 1.72. The average molecular weight is 496 g/mol. The smallest absolute Gasteiger partial charge is 0.260 e. The van der Waals surface area contributed by atoms with Gasteiger partial charge in [0.05, 0.1) is 11.5 Å². The van der Waals surface area contributed by atoms with E-state index in [1.807, 2.05) is 22.9 Å². The zero-order valence-electron chi connectivity index (χ0n) is 20.1. The van der Waals surface area contributed by atoms with E-state index in [0.717, 1.165) is 54.2 Å². The molecule has 2 aromatic heterocycles. The Hall–Kier alpha value is -2.52. The molecule has 35 heavy (non-hydrogen) atoms. The van der Waals surface area contributed by atoms with Gasteiger partial charge in [-0.2, -0.15) is 4.98 Å². The van der Waals surface area contributed by atoms with Crippen molar-refractivity contribution in [3.63, 3.8) is 0 Å². The first-order chi connectivity index (χ1) is 17.0. The fourth-order valence-electron chi connectivity index (χ4n) is 5.56. The SMILES string of the molecule is O=c1c2cc(CN3CCS(=O)(=O)CC3)ccc2c2cnc(NCC3CC3)nc2n1C1CCCCC1. The molecule has 1 saturated heterocycles. The number of aromatic nitrogens is 3. The van der Waals surface area contributed by atoms with Gasteiger partial charge < -0.3 is 5.32 Å². The number of hydrogen-bond donors (Lipinski definition) is 1. The van der Waals surface area contributed by atoms with Gasteiger partial charge >= 0.3 is 0 Å². The van der Waals surface area contributed by atoms with Crippen LogP contribution in [-0.2, 0) is 16.4 Å². The van der Waals surface area contributed by atoms with Crippen molar-refractivity contribution in [2.24, 2.45) is 5.92 Å². The summed E-state index contributed by atoms with van der Waals surface area (Å²) in [4.78, 5) is 25.6. The first-order valence-corrected chi connectivity index (χ1v) is 14.8. The summed E-state index contributed by atoms with van der Waals surface area (Å²) in [7, 11) is -2.92. The minimum absolute atomic E-state index is 0.0225. The molecule has 1 N–H and O–H groups in total. The fourth-order valence-corrected chi connectivity index (χ4v) is 6.84. The lowest BCUT2D eigenvalue weighted by Crippen LogP contribution is -2.39. The van der Waals surface area contributed by atoms with E-state index in [4.69, 9.17) is 4.98 Å². The minimum atomic E-state index is -2.92. The van der Waals surface area contributed by atoms with Gasteiger partial charge in [-0.05, 0) is 48.6 Å². The Morgan fingerprint density at radius 3 is 2.49 bits per heavy atom. The molecule has 9 heteroatoms. The van der Waals surface area contributed by atoms with Crippen LogP contribution in [0, 0.1) is 5.92 Å². The van der Waals surface area contributed by atoms with Crippen LogP contribution in [0.15, 0.2) is 29.2 Å². The molecule has 0 spiro atoms. The fraction of sp³-hybridized carbons (Fsp3) is 0.577. The maximum absolute atomic E-state index is 13.9. The molecule has 2 saturated carbocycles. The number of fused-ring (bicyclic) bond motifs is 3. The lowest BCUT2D eigenvalue weighted by molar-refractivity contribution is 0.288. The van der Waals surface area contributed by atoms with Gasteiger partial charge in [0.25, 0.3) is 5.56 Å². The molecule has 8 nitrogen and oxygen atoms in total. The molecule has 0 unspecified atom stereocenters. The van der Waals surface area contributed by atoms with Crippen molar-refractivity contribution in [2.75, 3.05) is 36.5 Å². The number of anilines is 1. The van der Waals surface area contributed by atoms with Gasteiger partial charge in [-0.15, -0.1) is 0 Å². The van der Waals surface area contributed by atoms with Gasteiger partial charge in [0, 0.05) is 49.2 Å². The topological polar surface area (TPSA) is 97.2 Å². The number of pyridine rings is 1. The van der Waals surface area contributed by atoms with Crippen molar-refractivity contribution in [1.29, 1.82) is 0 Å². The Balaban J connectivity index is 1.41. The second kappa shape index (κ2) is 9.17. The second-order valence-corrected chi connectivity index (χ2v) is 12.8. The molecular formula is C26H33N5O3S. The zero-order valence-corrected chi connectivity index (χ0v) is 20.9.